The van der Waals surface area contributed by atoms with Gasteiger partial charge < -0.3 is 15.0 Å². The Morgan fingerprint density at radius 3 is 2.86 bits per heavy atom. The minimum absolute atomic E-state index is 0.341. The molecule has 2 aliphatic rings. The van der Waals surface area contributed by atoms with Crippen LogP contribution in [0.3, 0.4) is 0 Å². The molecule has 2 unspecified atom stereocenters. The quantitative estimate of drug-likeness (QED) is 0.894. The highest BCUT2D eigenvalue weighted by molar-refractivity contribution is 5.30. The van der Waals surface area contributed by atoms with E-state index < -0.39 is 0 Å². The van der Waals surface area contributed by atoms with Crippen molar-refractivity contribution >= 4 is 0 Å². The Morgan fingerprint density at radius 1 is 1.29 bits per heavy atom. The number of ether oxygens (including phenoxy) is 1. The van der Waals surface area contributed by atoms with Crippen LogP contribution in [0.2, 0.25) is 0 Å². The Kier molecular flexibility index (Phi) is 4.91. The molecule has 116 valence electrons. The van der Waals surface area contributed by atoms with Crippen LogP contribution < -0.4 is 5.32 Å². The van der Waals surface area contributed by atoms with E-state index in [-0.39, 0.29) is 0 Å². The molecule has 1 fully saturated rings. The van der Waals surface area contributed by atoms with Gasteiger partial charge in [-0.1, -0.05) is 24.3 Å². The number of benzene rings is 1. The summed E-state index contributed by atoms with van der Waals surface area (Å²) in [7, 11) is 4.23. The molecule has 1 N–H and O–H groups in total. The molecule has 0 amide bonds. The highest BCUT2D eigenvalue weighted by Crippen LogP contribution is 2.23. The summed E-state index contributed by atoms with van der Waals surface area (Å²) in [5.74, 6) is 0. The Hall–Kier alpha value is -0.940. The molecule has 1 aromatic rings. The molecule has 3 rings (SSSR count). The maximum atomic E-state index is 5.96. The zero-order valence-electron chi connectivity index (χ0n) is 13.2. The van der Waals surface area contributed by atoms with E-state index in [1.165, 1.54) is 11.1 Å². The number of likely N-dealkylation sites (N-methyl/N-ethyl adjacent to an activating group) is 2. The average molecular weight is 289 g/mol. The summed E-state index contributed by atoms with van der Waals surface area (Å²) in [6.45, 7) is 6.08. The van der Waals surface area contributed by atoms with Gasteiger partial charge in [-0.15, -0.1) is 0 Å². The molecule has 4 heteroatoms. The van der Waals surface area contributed by atoms with Crippen LogP contribution >= 0.6 is 0 Å². The lowest BCUT2D eigenvalue weighted by molar-refractivity contribution is -0.0440. The first-order chi connectivity index (χ1) is 10.3. The summed E-state index contributed by atoms with van der Waals surface area (Å²) in [6.07, 6.45) is 1.48. The van der Waals surface area contributed by atoms with Gasteiger partial charge in [0.2, 0.25) is 0 Å². The lowest BCUT2D eigenvalue weighted by Crippen LogP contribution is -2.52. The normalized spacial score (nSPS) is 27.5. The first-order valence-corrected chi connectivity index (χ1v) is 8.02. The van der Waals surface area contributed by atoms with Crippen LogP contribution in [0.15, 0.2) is 24.3 Å². The van der Waals surface area contributed by atoms with Crippen molar-refractivity contribution < 1.29 is 4.74 Å². The first kappa shape index (κ1) is 15.0. The molecule has 0 radical (unpaired) electrons. The fourth-order valence-corrected chi connectivity index (χ4v) is 3.53. The van der Waals surface area contributed by atoms with Crippen molar-refractivity contribution in [3.63, 3.8) is 0 Å². The van der Waals surface area contributed by atoms with Crippen LogP contribution in [-0.4, -0.2) is 68.8 Å². The minimum Gasteiger partial charge on any atom is -0.374 e. The van der Waals surface area contributed by atoms with Crippen molar-refractivity contribution in [1.82, 2.24) is 15.1 Å². The molecule has 1 saturated heterocycles. The summed E-state index contributed by atoms with van der Waals surface area (Å²) in [5.41, 5.74) is 2.99. The number of morpholine rings is 1. The van der Waals surface area contributed by atoms with Crippen LogP contribution in [0.1, 0.15) is 11.1 Å². The average Bonchev–Trinajstić information content (AvgIpc) is 2.48. The van der Waals surface area contributed by atoms with Crippen molar-refractivity contribution in [2.45, 2.75) is 25.1 Å². The number of fused-ring (bicyclic) bond motifs is 1. The molecular formula is C17H27N3O. The SMILES string of the molecule is CNCC1Cc2ccccc2CN1CC1CN(C)CCO1. The van der Waals surface area contributed by atoms with Crippen LogP contribution in [0.5, 0.6) is 0 Å². The Labute approximate surface area is 128 Å². The molecule has 2 heterocycles. The van der Waals surface area contributed by atoms with E-state index in [2.05, 4.69) is 46.4 Å². The van der Waals surface area contributed by atoms with E-state index in [9.17, 15) is 0 Å². The standard InChI is InChI=1S/C17H27N3O/c1-18-10-16-9-14-5-3-4-6-15(14)11-20(16)13-17-12-19(2)7-8-21-17/h3-6,16-18H,7-13H2,1-2H3. The molecule has 0 aromatic heterocycles. The second-order valence-electron chi connectivity index (χ2n) is 6.37. The second-order valence-corrected chi connectivity index (χ2v) is 6.37. The summed E-state index contributed by atoms with van der Waals surface area (Å²) < 4.78 is 5.96. The van der Waals surface area contributed by atoms with Crippen LogP contribution in [0, 0.1) is 0 Å². The minimum atomic E-state index is 0.341. The molecule has 2 atom stereocenters. The lowest BCUT2D eigenvalue weighted by Gasteiger charge is -2.40. The summed E-state index contributed by atoms with van der Waals surface area (Å²) in [5, 5.41) is 3.35. The Bertz CT molecular complexity index is 465. The van der Waals surface area contributed by atoms with Crippen molar-refractivity contribution in [3.8, 4) is 0 Å². The third-order valence-electron chi connectivity index (χ3n) is 4.68. The van der Waals surface area contributed by atoms with Gasteiger partial charge in [0.05, 0.1) is 12.7 Å². The molecule has 0 saturated carbocycles. The first-order valence-electron chi connectivity index (χ1n) is 8.02. The van der Waals surface area contributed by atoms with Crippen molar-refractivity contribution in [2.24, 2.45) is 0 Å². The fraction of sp³-hybridized carbons (Fsp3) is 0.647. The molecule has 4 nitrogen and oxygen atoms in total. The van der Waals surface area contributed by atoms with Gasteiger partial charge in [-0.25, -0.2) is 0 Å². The highest BCUT2D eigenvalue weighted by Gasteiger charge is 2.29. The molecule has 0 spiro atoms. The van der Waals surface area contributed by atoms with Gasteiger partial charge in [-0.3, -0.25) is 4.90 Å². The highest BCUT2D eigenvalue weighted by atomic mass is 16.5. The Balaban J connectivity index is 1.69. The van der Waals surface area contributed by atoms with Crippen LogP contribution in [0.25, 0.3) is 0 Å². The van der Waals surface area contributed by atoms with Crippen LogP contribution in [-0.2, 0) is 17.7 Å². The third-order valence-corrected chi connectivity index (χ3v) is 4.68. The van der Waals surface area contributed by atoms with E-state index in [1.54, 1.807) is 0 Å². The zero-order valence-corrected chi connectivity index (χ0v) is 13.2. The molecule has 21 heavy (non-hydrogen) atoms. The largest absolute Gasteiger partial charge is 0.374 e. The Morgan fingerprint density at radius 2 is 2.10 bits per heavy atom. The third kappa shape index (κ3) is 3.64. The monoisotopic (exact) mass is 289 g/mol. The van der Waals surface area contributed by atoms with Gasteiger partial charge in [0.15, 0.2) is 0 Å². The van der Waals surface area contributed by atoms with E-state index >= 15 is 0 Å². The summed E-state index contributed by atoms with van der Waals surface area (Å²) in [4.78, 5) is 4.97. The van der Waals surface area contributed by atoms with Gasteiger partial charge in [0.1, 0.15) is 0 Å². The zero-order chi connectivity index (χ0) is 14.7. The predicted molar refractivity (Wildman–Crippen MR) is 85.5 cm³/mol. The number of hydrogen-bond acceptors (Lipinski definition) is 4. The van der Waals surface area contributed by atoms with Gasteiger partial charge in [-0.2, -0.15) is 0 Å². The number of nitrogens with zero attached hydrogens (tertiary/aromatic N) is 2. The van der Waals surface area contributed by atoms with Crippen molar-refractivity contribution in [1.29, 1.82) is 0 Å². The topological polar surface area (TPSA) is 27.7 Å². The fourth-order valence-electron chi connectivity index (χ4n) is 3.53. The van der Waals surface area contributed by atoms with Gasteiger partial charge in [0.25, 0.3) is 0 Å². The van der Waals surface area contributed by atoms with Gasteiger partial charge in [0, 0.05) is 38.8 Å². The second kappa shape index (κ2) is 6.88. The number of rotatable bonds is 4. The van der Waals surface area contributed by atoms with E-state index in [1.807, 2.05) is 7.05 Å². The predicted octanol–water partition coefficient (Wildman–Crippen LogP) is 0.963. The number of nitrogens with one attached hydrogen (secondary N) is 1. The van der Waals surface area contributed by atoms with Crippen LogP contribution in [0.4, 0.5) is 0 Å². The summed E-state index contributed by atoms with van der Waals surface area (Å²) >= 11 is 0. The van der Waals surface area contributed by atoms with E-state index in [4.69, 9.17) is 4.74 Å². The smallest absolute Gasteiger partial charge is 0.0829 e. The van der Waals surface area contributed by atoms with Gasteiger partial charge >= 0.3 is 0 Å². The van der Waals surface area contributed by atoms with Crippen molar-refractivity contribution in [3.05, 3.63) is 35.4 Å². The lowest BCUT2D eigenvalue weighted by atomic mass is 9.93. The summed E-state index contributed by atoms with van der Waals surface area (Å²) in [6, 6.07) is 9.43. The maximum absolute atomic E-state index is 5.96. The maximum Gasteiger partial charge on any atom is 0.0829 e. The molecule has 2 aliphatic heterocycles. The molecular weight excluding hydrogens is 262 g/mol. The van der Waals surface area contributed by atoms with E-state index in [0.29, 0.717) is 12.1 Å². The molecule has 1 aromatic carbocycles. The van der Waals surface area contributed by atoms with Crippen molar-refractivity contribution in [2.75, 3.05) is 46.9 Å². The van der Waals surface area contributed by atoms with Gasteiger partial charge in [-0.05, 0) is 31.6 Å². The molecule has 0 bridgehead atoms. The van der Waals surface area contributed by atoms with E-state index in [0.717, 1.165) is 45.8 Å². The molecule has 0 aliphatic carbocycles. The number of hydrogen-bond donors (Lipinski definition) is 1.